The minimum absolute atomic E-state index is 0.179. The molecule has 1 N–H and O–H groups in total. The van der Waals surface area contributed by atoms with E-state index >= 15 is 0 Å². The summed E-state index contributed by atoms with van der Waals surface area (Å²) >= 11 is 1.36. The van der Waals surface area contributed by atoms with Gasteiger partial charge in [0.15, 0.2) is 11.6 Å². The number of nitrogens with one attached hydrogen (secondary N) is 1. The smallest absolute Gasteiger partial charge is 0.266 e. The maximum absolute atomic E-state index is 13.0. The molecule has 29 heavy (non-hydrogen) atoms. The van der Waals surface area contributed by atoms with Gasteiger partial charge >= 0.3 is 0 Å². The molecule has 0 aliphatic heterocycles. The van der Waals surface area contributed by atoms with Crippen LogP contribution in [-0.4, -0.2) is 20.9 Å². The molecule has 6 nitrogen and oxygen atoms in total. The van der Waals surface area contributed by atoms with Crippen LogP contribution in [-0.2, 0) is 0 Å². The topological polar surface area (TPSA) is 80.9 Å². The van der Waals surface area contributed by atoms with Crippen LogP contribution in [0.3, 0.4) is 0 Å². The van der Waals surface area contributed by atoms with E-state index in [1.165, 1.54) is 11.3 Å². The predicted octanol–water partition coefficient (Wildman–Crippen LogP) is 5.37. The van der Waals surface area contributed by atoms with E-state index in [2.05, 4.69) is 20.3 Å². The number of pyridine rings is 1. The Balaban J connectivity index is 1.52. The maximum atomic E-state index is 13.0. The summed E-state index contributed by atoms with van der Waals surface area (Å²) < 4.78 is 5.42. The van der Waals surface area contributed by atoms with E-state index in [1.807, 2.05) is 50.2 Å². The van der Waals surface area contributed by atoms with Crippen LogP contribution >= 0.6 is 11.3 Å². The zero-order chi connectivity index (χ0) is 20.0. The number of rotatable bonds is 3. The SMILES string of the molecule is Cc1nc(-c2ccco2)nc2sc(C(=O)Nc3cnc4ccccc4c3)c(C)c12. The van der Waals surface area contributed by atoms with Crippen molar-refractivity contribution in [3.8, 4) is 11.6 Å². The Morgan fingerprint density at radius 1 is 1.10 bits per heavy atom. The molecule has 4 aromatic heterocycles. The van der Waals surface area contributed by atoms with Gasteiger partial charge in [-0.3, -0.25) is 9.78 Å². The van der Waals surface area contributed by atoms with Crippen molar-refractivity contribution in [2.45, 2.75) is 13.8 Å². The Morgan fingerprint density at radius 3 is 2.79 bits per heavy atom. The number of furan rings is 1. The number of para-hydroxylation sites is 1. The Morgan fingerprint density at radius 2 is 1.97 bits per heavy atom. The number of aromatic nitrogens is 3. The summed E-state index contributed by atoms with van der Waals surface area (Å²) in [5, 5.41) is 4.84. The van der Waals surface area contributed by atoms with Crippen LogP contribution in [0, 0.1) is 13.8 Å². The van der Waals surface area contributed by atoms with Crippen LogP contribution in [0.5, 0.6) is 0 Å². The fourth-order valence-electron chi connectivity index (χ4n) is 3.40. The molecule has 1 amide bonds. The fraction of sp³-hybridized carbons (Fsp3) is 0.0909. The Bertz CT molecular complexity index is 1370. The molecule has 142 valence electrons. The minimum atomic E-state index is -0.179. The quantitative estimate of drug-likeness (QED) is 0.440. The first kappa shape index (κ1) is 17.5. The highest BCUT2D eigenvalue weighted by Gasteiger charge is 2.20. The molecule has 7 heteroatoms. The van der Waals surface area contributed by atoms with Gasteiger partial charge in [0.05, 0.1) is 34.2 Å². The van der Waals surface area contributed by atoms with Gasteiger partial charge < -0.3 is 9.73 Å². The number of nitrogens with zero attached hydrogens (tertiary/aromatic N) is 3. The highest BCUT2D eigenvalue weighted by atomic mass is 32.1. The number of fused-ring (bicyclic) bond motifs is 2. The van der Waals surface area contributed by atoms with Crippen molar-refractivity contribution in [2.24, 2.45) is 0 Å². The van der Waals surface area contributed by atoms with Crippen LogP contribution in [0.1, 0.15) is 20.9 Å². The fourth-order valence-corrected chi connectivity index (χ4v) is 4.53. The average Bonchev–Trinajstić information content (AvgIpc) is 3.36. The van der Waals surface area contributed by atoms with Crippen LogP contribution in [0.25, 0.3) is 32.7 Å². The Kier molecular flexibility index (Phi) is 4.10. The molecule has 5 rings (SSSR count). The number of aryl methyl sites for hydroxylation is 2. The van der Waals surface area contributed by atoms with Gasteiger partial charge in [-0.15, -0.1) is 11.3 Å². The van der Waals surface area contributed by atoms with E-state index in [1.54, 1.807) is 18.5 Å². The third-order valence-corrected chi connectivity index (χ3v) is 5.95. The van der Waals surface area contributed by atoms with Gasteiger partial charge in [-0.05, 0) is 43.7 Å². The van der Waals surface area contributed by atoms with Crippen molar-refractivity contribution >= 4 is 44.1 Å². The second kappa shape index (κ2) is 6.79. The van der Waals surface area contributed by atoms with Gasteiger partial charge in [-0.1, -0.05) is 18.2 Å². The van der Waals surface area contributed by atoms with Crippen LogP contribution in [0.4, 0.5) is 5.69 Å². The second-order valence-corrected chi connectivity index (χ2v) is 7.72. The third kappa shape index (κ3) is 3.05. The molecule has 4 heterocycles. The predicted molar refractivity (Wildman–Crippen MR) is 114 cm³/mol. The Labute approximate surface area is 170 Å². The molecular formula is C22H16N4O2S. The second-order valence-electron chi connectivity index (χ2n) is 6.72. The summed E-state index contributed by atoms with van der Waals surface area (Å²) in [7, 11) is 0. The van der Waals surface area contributed by atoms with Gasteiger partial charge in [-0.25, -0.2) is 9.97 Å². The van der Waals surface area contributed by atoms with Crippen LogP contribution in [0.15, 0.2) is 59.3 Å². The summed E-state index contributed by atoms with van der Waals surface area (Å²) in [5.41, 5.74) is 3.24. The molecule has 0 atom stereocenters. The molecule has 0 radical (unpaired) electrons. The zero-order valence-electron chi connectivity index (χ0n) is 15.8. The summed E-state index contributed by atoms with van der Waals surface area (Å²) in [4.78, 5) is 27.9. The summed E-state index contributed by atoms with van der Waals surface area (Å²) in [6.45, 7) is 3.85. The van der Waals surface area contributed by atoms with Crippen molar-refractivity contribution in [3.05, 3.63) is 71.1 Å². The largest absolute Gasteiger partial charge is 0.461 e. The number of hydrogen-bond donors (Lipinski definition) is 1. The summed E-state index contributed by atoms with van der Waals surface area (Å²) in [5.74, 6) is 0.947. The molecule has 0 unspecified atom stereocenters. The van der Waals surface area contributed by atoms with Gasteiger partial charge in [0.25, 0.3) is 5.91 Å². The first-order chi connectivity index (χ1) is 14.1. The normalized spacial score (nSPS) is 11.2. The molecule has 1 aromatic carbocycles. The van der Waals surface area contributed by atoms with Crippen molar-refractivity contribution in [1.29, 1.82) is 0 Å². The van der Waals surface area contributed by atoms with Gasteiger partial charge in [0.1, 0.15) is 4.83 Å². The molecule has 0 bridgehead atoms. The van der Waals surface area contributed by atoms with E-state index in [0.29, 0.717) is 22.1 Å². The summed E-state index contributed by atoms with van der Waals surface area (Å²) in [6, 6.07) is 13.3. The number of amides is 1. The van der Waals surface area contributed by atoms with E-state index in [0.717, 1.165) is 32.4 Å². The average molecular weight is 400 g/mol. The molecule has 0 aliphatic rings. The number of anilines is 1. The highest BCUT2D eigenvalue weighted by molar-refractivity contribution is 7.20. The Hall–Kier alpha value is -3.58. The number of benzene rings is 1. The first-order valence-corrected chi connectivity index (χ1v) is 9.89. The van der Waals surface area contributed by atoms with Crippen LogP contribution in [0.2, 0.25) is 0 Å². The number of thiophene rings is 1. The lowest BCUT2D eigenvalue weighted by Crippen LogP contribution is -2.11. The van der Waals surface area contributed by atoms with Gasteiger partial charge in [0, 0.05) is 10.8 Å². The molecule has 0 saturated heterocycles. The van der Waals surface area contributed by atoms with Gasteiger partial charge in [0.2, 0.25) is 0 Å². The van der Waals surface area contributed by atoms with E-state index in [9.17, 15) is 4.79 Å². The number of hydrogen-bond acceptors (Lipinski definition) is 6. The molecule has 0 spiro atoms. The monoisotopic (exact) mass is 400 g/mol. The van der Waals surface area contributed by atoms with E-state index in [4.69, 9.17) is 4.42 Å². The first-order valence-electron chi connectivity index (χ1n) is 9.08. The summed E-state index contributed by atoms with van der Waals surface area (Å²) in [6.07, 6.45) is 3.26. The van der Waals surface area contributed by atoms with E-state index < -0.39 is 0 Å². The standard InChI is InChI=1S/C22H16N4O2S/c1-12-18-13(2)24-20(17-8-5-9-28-17)26-22(18)29-19(12)21(27)25-15-10-14-6-3-4-7-16(14)23-11-15/h3-11H,1-2H3,(H,25,27). The molecule has 0 aliphatic carbocycles. The molecule has 5 aromatic rings. The van der Waals surface area contributed by atoms with Crippen LogP contribution < -0.4 is 5.32 Å². The van der Waals surface area contributed by atoms with Crippen molar-refractivity contribution < 1.29 is 9.21 Å². The van der Waals surface area contributed by atoms with Crippen molar-refractivity contribution in [1.82, 2.24) is 15.0 Å². The number of carbonyl (C=O) groups is 1. The molecule has 0 saturated carbocycles. The zero-order valence-corrected chi connectivity index (χ0v) is 16.6. The van der Waals surface area contributed by atoms with Gasteiger partial charge in [-0.2, -0.15) is 0 Å². The van der Waals surface area contributed by atoms with Crippen molar-refractivity contribution in [3.63, 3.8) is 0 Å². The minimum Gasteiger partial charge on any atom is -0.461 e. The lowest BCUT2D eigenvalue weighted by Gasteiger charge is -2.05. The molecule has 0 fully saturated rings. The highest BCUT2D eigenvalue weighted by Crippen LogP contribution is 2.33. The molecular weight excluding hydrogens is 384 g/mol. The van der Waals surface area contributed by atoms with Crippen molar-refractivity contribution in [2.75, 3.05) is 5.32 Å². The maximum Gasteiger partial charge on any atom is 0.266 e. The lowest BCUT2D eigenvalue weighted by atomic mass is 10.1. The van der Waals surface area contributed by atoms with E-state index in [-0.39, 0.29) is 5.91 Å². The third-order valence-electron chi connectivity index (χ3n) is 4.77. The lowest BCUT2D eigenvalue weighted by molar-refractivity contribution is 0.103. The number of carbonyl (C=O) groups excluding carboxylic acids is 1.